The van der Waals surface area contributed by atoms with Gasteiger partial charge in [-0.3, -0.25) is 9.11 Å². The van der Waals surface area contributed by atoms with Crippen LogP contribution in [-0.4, -0.2) is 69.9 Å². The monoisotopic (exact) mass is 734 g/mol. The molecule has 0 aliphatic carbocycles. The molecule has 0 aromatic rings. The predicted molar refractivity (Wildman–Crippen MR) is 73.8 cm³/mol. The summed E-state index contributed by atoms with van der Waals surface area (Å²) in [7, 11) is -4.67. The Morgan fingerprint density at radius 3 is 1.27 bits per heavy atom. The quantitative estimate of drug-likeness (QED) is 0.133. The SMILES string of the molecule is CCC(O)CC(O)CC(O)CC(C)O.O=S(=O)(O)O.[O]=[W](=[O])([OH])[OH].[Zr].[Zr]. The first-order valence-corrected chi connectivity index (χ1v) is 13.0. The van der Waals surface area contributed by atoms with E-state index in [0.717, 1.165) is 0 Å². The van der Waals surface area contributed by atoms with Crippen LogP contribution in [0.25, 0.3) is 0 Å². The van der Waals surface area contributed by atoms with E-state index in [1.165, 1.54) is 0 Å². The maximum Gasteiger partial charge on any atom is 0 e. The van der Waals surface area contributed by atoms with Gasteiger partial charge in [-0.25, -0.2) is 0 Å². The third-order valence-electron chi connectivity index (χ3n) is 2.17. The van der Waals surface area contributed by atoms with Gasteiger partial charge in [0.05, 0.1) is 24.4 Å². The fourth-order valence-corrected chi connectivity index (χ4v) is 1.38. The van der Waals surface area contributed by atoms with Crippen LogP contribution >= 0.6 is 0 Å². The molecule has 4 unspecified atom stereocenters. The second kappa shape index (κ2) is 20.0. The molecule has 0 bridgehead atoms. The molecule has 12 nitrogen and oxygen atoms in total. The molecule has 0 radical (unpaired) electrons. The van der Waals surface area contributed by atoms with Gasteiger partial charge < -0.3 is 20.4 Å². The maximum atomic E-state index is 9.43. The van der Waals surface area contributed by atoms with Gasteiger partial charge in [0, 0.05) is 52.4 Å². The zero-order valence-corrected chi connectivity index (χ0v) is 22.8. The summed E-state index contributed by atoms with van der Waals surface area (Å²) in [5.74, 6) is 0. The number of rotatable bonds is 7. The van der Waals surface area contributed by atoms with Crippen LogP contribution in [-0.2, 0) is 86.3 Å². The Morgan fingerprint density at radius 1 is 0.808 bits per heavy atom. The minimum Gasteiger partial charge on any atom is 0 e. The topological polar surface area (TPSA) is 230 Å². The van der Waals surface area contributed by atoms with E-state index in [-0.39, 0.29) is 71.7 Å². The summed E-state index contributed by atoms with van der Waals surface area (Å²) in [5, 5.41) is 37.0. The zero-order chi connectivity index (χ0) is 20.1. The molecular weight excluding hydrogens is 710 g/mol. The first-order valence-electron chi connectivity index (χ1n) is 6.57. The average molecular weight is 737 g/mol. The van der Waals surface area contributed by atoms with E-state index in [4.69, 9.17) is 36.9 Å². The number of hydrogen-bond acceptors (Lipinski definition) is 8. The Balaban J connectivity index is -0.000000102. The standard InChI is InChI=1S/C10H22O4.H2O4S.2H2O.2O.W.2Zr/c1-3-8(12)5-10(14)6-9(13)4-7(2)11;1-5(2,3)4;;;;;;;/h7-14H,3-6H2,1-2H3;(H2,1,2,3,4);2*1H2;;;;;/q;;;;;;+2;;/p-2. The molecule has 0 aliphatic rings. The molecule has 0 aromatic carbocycles. The largest absolute Gasteiger partial charge is 0 e. The minimum atomic E-state index is -5.67. The summed E-state index contributed by atoms with van der Waals surface area (Å²) in [4.78, 5) is 0. The molecule has 0 heterocycles. The fraction of sp³-hybridized carbons (Fsp3) is 1.00. The van der Waals surface area contributed by atoms with Crippen molar-refractivity contribution >= 4 is 10.4 Å². The van der Waals surface area contributed by atoms with E-state index in [0.29, 0.717) is 6.42 Å². The second-order valence-electron chi connectivity index (χ2n) is 4.82. The molecule has 0 amide bonds. The van der Waals surface area contributed by atoms with Crippen molar-refractivity contribution in [3.63, 3.8) is 0 Å². The van der Waals surface area contributed by atoms with E-state index >= 15 is 0 Å². The number of aliphatic hydroxyl groups excluding tert-OH is 4. The summed E-state index contributed by atoms with van der Waals surface area (Å²) in [6.07, 6.45) is -1.11. The normalized spacial score (nSPS) is 15.3. The summed E-state index contributed by atoms with van der Waals surface area (Å²) < 4.78 is 63.7. The molecule has 0 fully saturated rings. The van der Waals surface area contributed by atoms with E-state index in [2.05, 4.69) is 0 Å². The summed E-state index contributed by atoms with van der Waals surface area (Å²) >= 11 is -5.67. The van der Waals surface area contributed by atoms with Gasteiger partial charge >= 0.3 is 41.5 Å². The molecule has 16 heteroatoms. The first kappa shape index (κ1) is 38.3. The Hall–Kier alpha value is 1.68. The van der Waals surface area contributed by atoms with Crippen LogP contribution in [0.1, 0.15) is 39.5 Å². The van der Waals surface area contributed by atoms with Crippen molar-refractivity contribution in [2.75, 3.05) is 0 Å². The van der Waals surface area contributed by atoms with Crippen LogP contribution in [0, 0.1) is 0 Å². The summed E-state index contributed by atoms with van der Waals surface area (Å²) in [5.41, 5.74) is 0. The van der Waals surface area contributed by atoms with Gasteiger partial charge in [0.25, 0.3) is 0 Å². The Bertz CT molecular complexity index is 452. The van der Waals surface area contributed by atoms with Crippen molar-refractivity contribution in [2.45, 2.75) is 63.9 Å². The smallest absolute Gasteiger partial charge is 0 e. The van der Waals surface area contributed by atoms with Crippen LogP contribution < -0.4 is 0 Å². The first-order chi connectivity index (χ1) is 10.5. The van der Waals surface area contributed by atoms with Crippen molar-refractivity contribution in [2.24, 2.45) is 0 Å². The fourth-order valence-electron chi connectivity index (χ4n) is 1.38. The van der Waals surface area contributed by atoms with Crippen molar-refractivity contribution in [1.29, 1.82) is 0 Å². The summed E-state index contributed by atoms with van der Waals surface area (Å²) in [6.45, 7) is 3.43. The van der Waals surface area contributed by atoms with Gasteiger partial charge in [0.1, 0.15) is 0 Å². The van der Waals surface area contributed by atoms with Crippen LogP contribution in [0.4, 0.5) is 0 Å². The zero-order valence-electron chi connectivity index (χ0n) is 14.2. The molecule has 0 rings (SSSR count). The molecule has 0 aliphatic heterocycles. The van der Waals surface area contributed by atoms with Crippen molar-refractivity contribution in [3.05, 3.63) is 0 Å². The minimum absolute atomic E-state index is 0. The van der Waals surface area contributed by atoms with Gasteiger partial charge in [0.2, 0.25) is 0 Å². The third kappa shape index (κ3) is 63.6. The van der Waals surface area contributed by atoms with Gasteiger partial charge in [-0.15, -0.1) is 0 Å². The molecule has 0 aromatic heterocycles. The third-order valence-corrected chi connectivity index (χ3v) is 2.17. The molecule has 4 atom stereocenters. The average Bonchev–Trinajstić information content (AvgIpc) is 2.22. The molecule has 158 valence electrons. The van der Waals surface area contributed by atoms with Crippen molar-refractivity contribution in [1.82, 2.24) is 0 Å². The van der Waals surface area contributed by atoms with E-state index in [1.807, 2.05) is 6.92 Å². The number of hydrogen-bond donors (Lipinski definition) is 8. The molecule has 26 heavy (non-hydrogen) atoms. The predicted octanol–water partition coefficient (Wildman–Crippen LogP) is -1.98. The second-order valence-corrected chi connectivity index (χ2v) is 8.94. The van der Waals surface area contributed by atoms with Gasteiger partial charge in [-0.2, -0.15) is 8.42 Å². The molecule has 8 N–H and O–H groups in total. The Labute approximate surface area is 194 Å². The Kier molecular flexibility index (Phi) is 29.4. The van der Waals surface area contributed by atoms with Crippen molar-refractivity contribution < 1.29 is 121 Å². The van der Waals surface area contributed by atoms with E-state index < -0.39 is 51.6 Å². The Morgan fingerprint density at radius 2 is 1.04 bits per heavy atom. The molecule has 0 saturated carbocycles. The maximum absolute atomic E-state index is 9.43. The molecular formula is C10H26O12SWZr2. The van der Waals surface area contributed by atoms with Crippen LogP contribution in [0.5, 0.6) is 0 Å². The van der Waals surface area contributed by atoms with Crippen LogP contribution in [0.2, 0.25) is 0 Å². The molecule has 0 saturated heterocycles. The number of aliphatic hydroxyl groups is 4. The van der Waals surface area contributed by atoms with Gasteiger partial charge in [-0.05, 0) is 32.6 Å². The van der Waals surface area contributed by atoms with Gasteiger partial charge in [0.15, 0.2) is 0 Å². The van der Waals surface area contributed by atoms with Crippen LogP contribution in [0.15, 0.2) is 0 Å². The van der Waals surface area contributed by atoms with Crippen LogP contribution in [0.3, 0.4) is 0 Å². The van der Waals surface area contributed by atoms with E-state index in [9.17, 15) is 15.3 Å². The van der Waals surface area contributed by atoms with E-state index in [1.54, 1.807) is 6.92 Å². The van der Waals surface area contributed by atoms with Gasteiger partial charge in [-0.1, -0.05) is 6.92 Å². The van der Waals surface area contributed by atoms with Crippen molar-refractivity contribution in [3.8, 4) is 0 Å². The molecule has 0 spiro atoms. The summed E-state index contributed by atoms with van der Waals surface area (Å²) in [6, 6.07) is 0.